The number of halogens is 1. The van der Waals surface area contributed by atoms with E-state index < -0.39 is 0 Å². The molecule has 2 aromatic carbocycles. The van der Waals surface area contributed by atoms with Gasteiger partial charge < -0.3 is 10.4 Å². The summed E-state index contributed by atoms with van der Waals surface area (Å²) >= 11 is 7.86. The Morgan fingerprint density at radius 2 is 2.15 bits per heavy atom. The fourth-order valence-electron chi connectivity index (χ4n) is 2.14. The van der Waals surface area contributed by atoms with Crippen molar-refractivity contribution in [2.24, 2.45) is 0 Å². The Hall–Kier alpha value is -1.78. The van der Waals surface area contributed by atoms with Crippen LogP contribution in [0.2, 0.25) is 5.02 Å². The summed E-state index contributed by atoms with van der Waals surface area (Å²) in [5, 5.41) is 13.6. The molecule has 5 heteroatoms. The molecule has 102 valence electrons. The molecule has 0 amide bonds. The van der Waals surface area contributed by atoms with Crippen molar-refractivity contribution in [1.82, 2.24) is 4.98 Å². The first-order valence-electron chi connectivity index (χ1n) is 6.22. The van der Waals surface area contributed by atoms with Crippen molar-refractivity contribution in [3.8, 4) is 5.75 Å². The van der Waals surface area contributed by atoms with Gasteiger partial charge >= 0.3 is 0 Å². The SMILES string of the molecule is CC(Nc1c(Cl)ccc2scnc12)c1cccc(O)c1. The van der Waals surface area contributed by atoms with E-state index in [-0.39, 0.29) is 11.8 Å². The van der Waals surface area contributed by atoms with Gasteiger partial charge in [0.1, 0.15) is 11.3 Å². The van der Waals surface area contributed by atoms with Gasteiger partial charge in [-0.25, -0.2) is 4.98 Å². The Bertz CT molecular complexity index is 756. The maximum atomic E-state index is 9.56. The first kappa shape index (κ1) is 13.2. The summed E-state index contributed by atoms with van der Waals surface area (Å²) < 4.78 is 1.10. The lowest BCUT2D eigenvalue weighted by Crippen LogP contribution is -2.07. The zero-order chi connectivity index (χ0) is 14.1. The van der Waals surface area contributed by atoms with Crippen molar-refractivity contribution >= 4 is 38.8 Å². The fourth-order valence-corrected chi connectivity index (χ4v) is 3.03. The van der Waals surface area contributed by atoms with E-state index in [1.165, 1.54) is 0 Å². The number of aromatic hydroxyl groups is 1. The zero-order valence-corrected chi connectivity index (χ0v) is 12.4. The third-order valence-corrected chi connectivity index (χ3v) is 4.29. The number of thiazole rings is 1. The molecular weight excluding hydrogens is 292 g/mol. The van der Waals surface area contributed by atoms with Crippen molar-refractivity contribution in [3.63, 3.8) is 0 Å². The molecular formula is C15H13ClN2OS. The van der Waals surface area contributed by atoms with Gasteiger partial charge in [-0.05, 0) is 36.8 Å². The van der Waals surface area contributed by atoms with E-state index >= 15 is 0 Å². The number of hydrogen-bond donors (Lipinski definition) is 2. The summed E-state index contributed by atoms with van der Waals surface area (Å²) in [6.45, 7) is 2.02. The minimum absolute atomic E-state index is 0.0203. The van der Waals surface area contributed by atoms with E-state index in [0.29, 0.717) is 5.02 Å². The number of hydrogen-bond acceptors (Lipinski definition) is 4. The van der Waals surface area contributed by atoms with E-state index in [1.54, 1.807) is 23.5 Å². The number of nitrogens with one attached hydrogen (secondary N) is 1. The van der Waals surface area contributed by atoms with Crippen LogP contribution in [-0.2, 0) is 0 Å². The molecule has 0 fully saturated rings. The summed E-state index contributed by atoms with van der Waals surface area (Å²) in [4.78, 5) is 4.37. The van der Waals surface area contributed by atoms with E-state index in [4.69, 9.17) is 11.6 Å². The van der Waals surface area contributed by atoms with E-state index in [9.17, 15) is 5.11 Å². The smallest absolute Gasteiger partial charge is 0.115 e. The number of aromatic nitrogens is 1. The average molecular weight is 305 g/mol. The first-order valence-corrected chi connectivity index (χ1v) is 7.48. The molecule has 1 heterocycles. The largest absolute Gasteiger partial charge is 0.508 e. The Labute approximate surface area is 125 Å². The molecule has 2 N–H and O–H groups in total. The third-order valence-electron chi connectivity index (χ3n) is 3.18. The van der Waals surface area contributed by atoms with Crippen LogP contribution in [0.4, 0.5) is 5.69 Å². The Morgan fingerprint density at radius 1 is 1.30 bits per heavy atom. The molecule has 3 nitrogen and oxygen atoms in total. The van der Waals surface area contributed by atoms with Crippen molar-refractivity contribution < 1.29 is 5.11 Å². The normalized spacial score (nSPS) is 12.5. The molecule has 1 unspecified atom stereocenters. The summed E-state index contributed by atoms with van der Waals surface area (Å²) in [6, 6.07) is 11.1. The monoisotopic (exact) mass is 304 g/mol. The van der Waals surface area contributed by atoms with Crippen LogP contribution in [0.3, 0.4) is 0 Å². The quantitative estimate of drug-likeness (QED) is 0.728. The lowest BCUT2D eigenvalue weighted by molar-refractivity contribution is 0.474. The molecule has 1 atom stereocenters. The number of nitrogens with zero attached hydrogens (tertiary/aromatic N) is 1. The van der Waals surface area contributed by atoms with E-state index in [2.05, 4.69) is 10.3 Å². The summed E-state index contributed by atoms with van der Waals surface area (Å²) in [6.07, 6.45) is 0. The van der Waals surface area contributed by atoms with Crippen LogP contribution in [0, 0.1) is 0 Å². The molecule has 20 heavy (non-hydrogen) atoms. The molecule has 0 saturated carbocycles. The highest BCUT2D eigenvalue weighted by Crippen LogP contribution is 2.34. The van der Waals surface area contributed by atoms with Gasteiger partial charge in [0.05, 0.1) is 20.9 Å². The van der Waals surface area contributed by atoms with Gasteiger partial charge in [0, 0.05) is 6.04 Å². The molecule has 0 aliphatic carbocycles. The minimum Gasteiger partial charge on any atom is -0.508 e. The Balaban J connectivity index is 1.96. The minimum atomic E-state index is 0.0203. The first-order chi connectivity index (χ1) is 9.65. The third kappa shape index (κ3) is 2.44. The number of phenols is 1. The van der Waals surface area contributed by atoms with Gasteiger partial charge in [0.2, 0.25) is 0 Å². The molecule has 0 aliphatic rings. The van der Waals surface area contributed by atoms with Gasteiger partial charge in [0.15, 0.2) is 0 Å². The summed E-state index contributed by atoms with van der Waals surface area (Å²) in [5.74, 6) is 0.258. The fraction of sp³-hybridized carbons (Fsp3) is 0.133. The standard InChI is InChI=1S/C15H13ClN2OS/c1-9(10-3-2-4-11(19)7-10)18-14-12(16)5-6-13-15(14)17-8-20-13/h2-9,18-19H,1H3. The van der Waals surface area contributed by atoms with Crippen LogP contribution in [-0.4, -0.2) is 10.1 Å². The topological polar surface area (TPSA) is 45.2 Å². The van der Waals surface area contributed by atoms with Crippen LogP contribution in [0.25, 0.3) is 10.2 Å². The average Bonchev–Trinajstić information content (AvgIpc) is 2.90. The number of benzene rings is 2. The second kappa shape index (κ2) is 5.31. The van der Waals surface area contributed by atoms with Gasteiger partial charge in [-0.3, -0.25) is 0 Å². The second-order valence-corrected chi connectivity index (χ2v) is 5.88. The maximum absolute atomic E-state index is 9.56. The van der Waals surface area contributed by atoms with Gasteiger partial charge in [-0.1, -0.05) is 23.7 Å². The highest BCUT2D eigenvalue weighted by Gasteiger charge is 2.13. The predicted octanol–water partition coefficient (Wildman–Crippen LogP) is 4.83. The molecule has 0 radical (unpaired) electrons. The Kier molecular flexibility index (Phi) is 3.51. The molecule has 3 rings (SSSR count). The lowest BCUT2D eigenvalue weighted by atomic mass is 10.1. The van der Waals surface area contributed by atoms with Crippen molar-refractivity contribution in [2.45, 2.75) is 13.0 Å². The van der Waals surface area contributed by atoms with Crippen molar-refractivity contribution in [3.05, 3.63) is 52.5 Å². The number of fused-ring (bicyclic) bond motifs is 1. The molecule has 0 bridgehead atoms. The highest BCUT2D eigenvalue weighted by atomic mass is 35.5. The van der Waals surface area contributed by atoms with Crippen LogP contribution in [0.15, 0.2) is 41.9 Å². The molecule has 3 aromatic rings. The van der Waals surface area contributed by atoms with Gasteiger partial charge in [-0.2, -0.15) is 0 Å². The lowest BCUT2D eigenvalue weighted by Gasteiger charge is -2.17. The van der Waals surface area contributed by atoms with Crippen LogP contribution in [0.1, 0.15) is 18.5 Å². The van der Waals surface area contributed by atoms with E-state index in [0.717, 1.165) is 21.5 Å². The van der Waals surface area contributed by atoms with Crippen molar-refractivity contribution in [1.29, 1.82) is 0 Å². The highest BCUT2D eigenvalue weighted by molar-refractivity contribution is 7.16. The number of anilines is 1. The molecule has 0 aliphatic heterocycles. The maximum Gasteiger partial charge on any atom is 0.115 e. The van der Waals surface area contributed by atoms with Crippen molar-refractivity contribution in [2.75, 3.05) is 5.32 Å². The van der Waals surface area contributed by atoms with Crippen LogP contribution in [0.5, 0.6) is 5.75 Å². The zero-order valence-electron chi connectivity index (χ0n) is 10.8. The van der Waals surface area contributed by atoms with E-state index in [1.807, 2.05) is 36.7 Å². The number of rotatable bonds is 3. The number of phenolic OH excluding ortho intramolecular Hbond substituents is 1. The molecule has 0 saturated heterocycles. The van der Waals surface area contributed by atoms with Gasteiger partial charge in [0.25, 0.3) is 0 Å². The van der Waals surface area contributed by atoms with Crippen LogP contribution < -0.4 is 5.32 Å². The summed E-state index contributed by atoms with van der Waals surface area (Å²) in [5.41, 5.74) is 4.52. The summed E-state index contributed by atoms with van der Waals surface area (Å²) in [7, 11) is 0. The predicted molar refractivity (Wildman–Crippen MR) is 84.8 cm³/mol. The van der Waals surface area contributed by atoms with Gasteiger partial charge in [-0.15, -0.1) is 11.3 Å². The second-order valence-electron chi connectivity index (χ2n) is 4.58. The molecule has 1 aromatic heterocycles. The molecule has 0 spiro atoms. The van der Waals surface area contributed by atoms with Crippen LogP contribution >= 0.6 is 22.9 Å². The Morgan fingerprint density at radius 3 is 2.95 bits per heavy atom.